The maximum absolute atomic E-state index is 13.9. The first kappa shape index (κ1) is 29.5. The minimum Gasteiger partial charge on any atom is -0.378 e. The third-order valence-electron chi connectivity index (χ3n) is 9.22. The van der Waals surface area contributed by atoms with Crippen LogP contribution in [0.3, 0.4) is 0 Å². The van der Waals surface area contributed by atoms with Crippen LogP contribution in [0.25, 0.3) is 0 Å². The molecule has 1 N–H and O–H groups in total. The van der Waals surface area contributed by atoms with Crippen LogP contribution in [0, 0.1) is 5.92 Å². The molecule has 5 rings (SSSR count). The molecule has 1 saturated carbocycles. The van der Waals surface area contributed by atoms with Gasteiger partial charge in [0.15, 0.2) is 5.78 Å². The van der Waals surface area contributed by atoms with Crippen molar-refractivity contribution in [2.75, 3.05) is 51.4 Å². The largest absolute Gasteiger partial charge is 0.378 e. The number of amides is 3. The van der Waals surface area contributed by atoms with Crippen LogP contribution in [0.15, 0.2) is 24.3 Å². The molecule has 10 nitrogen and oxygen atoms in total. The third kappa shape index (κ3) is 6.00. The highest BCUT2D eigenvalue weighted by Crippen LogP contribution is 2.38. The Morgan fingerprint density at radius 3 is 2.34 bits per heavy atom. The number of methoxy groups -OCH3 is 1. The zero-order valence-electron chi connectivity index (χ0n) is 24.6. The Kier molecular flexibility index (Phi) is 8.99. The van der Waals surface area contributed by atoms with Gasteiger partial charge in [0.2, 0.25) is 5.91 Å². The number of morpholine rings is 1. The SMILES string of the molecule is COC1(C(=O)N2CC(=O)C3C2CCN3C(=O)C(CC(C)C)NC(=O)c2ccc(N3CCOCC3)cc2)CCCCC1. The number of carbonyl (C=O) groups excluding carboxylic acids is 4. The maximum atomic E-state index is 13.9. The van der Waals surface area contributed by atoms with Gasteiger partial charge in [-0.15, -0.1) is 0 Å². The number of hydrogen-bond donors (Lipinski definition) is 1. The topological polar surface area (TPSA) is 108 Å². The number of benzene rings is 1. The van der Waals surface area contributed by atoms with Gasteiger partial charge in [0, 0.05) is 38.0 Å². The van der Waals surface area contributed by atoms with Gasteiger partial charge in [-0.3, -0.25) is 19.2 Å². The molecule has 3 unspecified atom stereocenters. The number of nitrogens with zero attached hydrogens (tertiary/aromatic N) is 3. The van der Waals surface area contributed by atoms with Gasteiger partial charge in [-0.05, 0) is 55.9 Å². The van der Waals surface area contributed by atoms with E-state index in [0.717, 1.165) is 38.0 Å². The van der Waals surface area contributed by atoms with E-state index in [9.17, 15) is 19.2 Å². The number of carbonyl (C=O) groups is 4. The van der Waals surface area contributed by atoms with E-state index in [1.165, 1.54) is 0 Å². The van der Waals surface area contributed by atoms with Crippen molar-refractivity contribution in [2.45, 2.75) is 82.5 Å². The highest BCUT2D eigenvalue weighted by molar-refractivity contribution is 6.01. The van der Waals surface area contributed by atoms with Gasteiger partial charge in [-0.25, -0.2) is 0 Å². The first-order valence-corrected chi connectivity index (χ1v) is 15.2. The molecule has 3 heterocycles. The molecule has 0 spiro atoms. The van der Waals surface area contributed by atoms with Crippen molar-refractivity contribution < 1.29 is 28.7 Å². The summed E-state index contributed by atoms with van der Waals surface area (Å²) < 4.78 is 11.2. The van der Waals surface area contributed by atoms with Crippen molar-refractivity contribution in [3.8, 4) is 0 Å². The number of fused-ring (bicyclic) bond motifs is 1. The normalized spacial score (nSPS) is 24.9. The van der Waals surface area contributed by atoms with Crippen molar-refractivity contribution in [1.29, 1.82) is 0 Å². The van der Waals surface area contributed by atoms with Gasteiger partial charge in [0.05, 0.1) is 25.8 Å². The van der Waals surface area contributed by atoms with E-state index in [1.807, 2.05) is 26.0 Å². The Bertz CT molecular complexity index is 1130. The van der Waals surface area contributed by atoms with Gasteiger partial charge in [0.1, 0.15) is 17.7 Å². The van der Waals surface area contributed by atoms with Crippen LogP contribution in [0.2, 0.25) is 0 Å². The molecule has 41 heavy (non-hydrogen) atoms. The zero-order valence-corrected chi connectivity index (χ0v) is 24.6. The molecule has 10 heteroatoms. The second-order valence-electron chi connectivity index (χ2n) is 12.3. The summed E-state index contributed by atoms with van der Waals surface area (Å²) in [5.41, 5.74) is 0.634. The monoisotopic (exact) mass is 568 g/mol. The van der Waals surface area contributed by atoms with Crippen LogP contribution in [-0.4, -0.2) is 104 Å². The molecule has 0 radical (unpaired) electrons. The van der Waals surface area contributed by atoms with E-state index in [1.54, 1.807) is 29.0 Å². The van der Waals surface area contributed by atoms with Crippen LogP contribution in [0.4, 0.5) is 5.69 Å². The molecular formula is C31H44N4O6. The zero-order chi connectivity index (χ0) is 29.1. The number of ether oxygens (including phenoxy) is 2. The maximum Gasteiger partial charge on any atom is 0.255 e. The fourth-order valence-corrected chi connectivity index (χ4v) is 7.01. The standard InChI is InChI=1S/C31H44N4O6/c1-21(2)19-24(32-28(37)22-7-9-23(10-8-22)33-15-17-41-18-16-33)29(38)34-14-11-25-27(34)26(36)20-35(25)30(39)31(40-3)12-5-4-6-13-31/h7-10,21,24-25,27H,4-6,11-20H2,1-3H3,(H,32,37). The predicted molar refractivity (Wildman–Crippen MR) is 154 cm³/mol. The lowest BCUT2D eigenvalue weighted by Crippen LogP contribution is -2.54. The molecule has 1 aliphatic carbocycles. The molecule has 0 bridgehead atoms. The molecule has 1 aromatic rings. The summed E-state index contributed by atoms with van der Waals surface area (Å²) in [6.07, 6.45) is 5.23. The first-order valence-electron chi connectivity index (χ1n) is 15.2. The number of hydrogen-bond acceptors (Lipinski definition) is 7. The quantitative estimate of drug-likeness (QED) is 0.513. The van der Waals surface area contributed by atoms with Crippen molar-refractivity contribution in [1.82, 2.24) is 15.1 Å². The summed E-state index contributed by atoms with van der Waals surface area (Å²) in [6, 6.07) is 5.62. The summed E-state index contributed by atoms with van der Waals surface area (Å²) in [7, 11) is 1.58. The van der Waals surface area contributed by atoms with Crippen LogP contribution in [0.1, 0.15) is 69.2 Å². The van der Waals surface area contributed by atoms with E-state index in [4.69, 9.17) is 9.47 Å². The molecule has 224 valence electrons. The Balaban J connectivity index is 1.27. The summed E-state index contributed by atoms with van der Waals surface area (Å²) in [4.78, 5) is 59.7. The summed E-state index contributed by atoms with van der Waals surface area (Å²) >= 11 is 0. The molecule has 1 aromatic carbocycles. The highest BCUT2D eigenvalue weighted by Gasteiger charge is 2.55. The lowest BCUT2D eigenvalue weighted by Gasteiger charge is -2.38. The average molecular weight is 569 g/mol. The van der Waals surface area contributed by atoms with Crippen molar-refractivity contribution >= 4 is 29.2 Å². The van der Waals surface area contributed by atoms with E-state index in [2.05, 4.69) is 10.2 Å². The van der Waals surface area contributed by atoms with Gasteiger partial charge in [-0.1, -0.05) is 33.1 Å². The van der Waals surface area contributed by atoms with E-state index >= 15 is 0 Å². The van der Waals surface area contributed by atoms with Crippen LogP contribution in [0.5, 0.6) is 0 Å². The average Bonchev–Trinajstić information content (AvgIpc) is 3.58. The Labute approximate surface area is 242 Å². The molecule has 3 saturated heterocycles. The van der Waals surface area contributed by atoms with Crippen molar-refractivity contribution in [2.24, 2.45) is 5.92 Å². The van der Waals surface area contributed by atoms with Gasteiger partial charge >= 0.3 is 0 Å². The fraction of sp³-hybridized carbons (Fsp3) is 0.677. The Hall–Kier alpha value is -2.98. The molecule has 3 atom stereocenters. The second-order valence-corrected chi connectivity index (χ2v) is 12.3. The molecule has 0 aromatic heterocycles. The van der Waals surface area contributed by atoms with Gasteiger partial charge in [-0.2, -0.15) is 0 Å². The van der Waals surface area contributed by atoms with Crippen LogP contribution < -0.4 is 10.2 Å². The predicted octanol–water partition coefficient (Wildman–Crippen LogP) is 2.40. The second kappa shape index (κ2) is 12.5. The van der Waals surface area contributed by atoms with E-state index in [-0.39, 0.29) is 42.0 Å². The number of likely N-dealkylation sites (tertiary alicyclic amines) is 2. The highest BCUT2D eigenvalue weighted by atomic mass is 16.5. The van der Waals surface area contributed by atoms with Crippen LogP contribution in [-0.2, 0) is 23.9 Å². The minimum absolute atomic E-state index is 0.000244. The molecule has 3 aliphatic heterocycles. The molecule has 3 amide bonds. The molecular weight excluding hydrogens is 524 g/mol. The number of nitrogens with one attached hydrogen (secondary N) is 1. The third-order valence-corrected chi connectivity index (χ3v) is 9.22. The fourth-order valence-electron chi connectivity index (χ4n) is 7.01. The van der Waals surface area contributed by atoms with Crippen LogP contribution >= 0.6 is 0 Å². The van der Waals surface area contributed by atoms with Gasteiger partial charge in [0.25, 0.3) is 11.8 Å². The number of rotatable bonds is 8. The lowest BCUT2D eigenvalue weighted by atomic mass is 9.83. The number of Topliss-reactive ketones (excluding diaryl/α,β-unsaturated/α-hetero) is 1. The summed E-state index contributed by atoms with van der Waals surface area (Å²) in [5, 5.41) is 2.96. The van der Waals surface area contributed by atoms with Crippen molar-refractivity contribution in [3.63, 3.8) is 0 Å². The lowest BCUT2D eigenvalue weighted by molar-refractivity contribution is -0.160. The summed E-state index contributed by atoms with van der Waals surface area (Å²) in [5.74, 6) is -0.669. The van der Waals surface area contributed by atoms with E-state index < -0.39 is 17.7 Å². The number of ketones is 1. The summed E-state index contributed by atoms with van der Waals surface area (Å²) in [6.45, 7) is 7.37. The Morgan fingerprint density at radius 2 is 1.71 bits per heavy atom. The molecule has 4 fully saturated rings. The van der Waals surface area contributed by atoms with E-state index in [0.29, 0.717) is 51.0 Å². The first-order chi connectivity index (χ1) is 19.7. The van der Waals surface area contributed by atoms with Gasteiger partial charge < -0.3 is 29.5 Å². The van der Waals surface area contributed by atoms with Crippen molar-refractivity contribution in [3.05, 3.63) is 29.8 Å². The minimum atomic E-state index is -0.879. The number of anilines is 1. The molecule has 4 aliphatic rings. The smallest absolute Gasteiger partial charge is 0.255 e. The Morgan fingerprint density at radius 1 is 1.02 bits per heavy atom.